The van der Waals surface area contributed by atoms with E-state index in [2.05, 4.69) is 26.1 Å². The average molecular weight is 486 g/mol. The minimum Gasteiger partial charge on any atom is -0.492 e. The summed E-state index contributed by atoms with van der Waals surface area (Å²) in [6, 6.07) is 12.7. The van der Waals surface area contributed by atoms with Crippen molar-refractivity contribution in [3.63, 3.8) is 0 Å². The number of alkyl halides is 3. The molecule has 0 spiro atoms. The van der Waals surface area contributed by atoms with Crippen molar-refractivity contribution in [2.45, 2.75) is 30.0 Å². The number of hydrogen-bond donors (Lipinski definition) is 1. The van der Waals surface area contributed by atoms with Crippen molar-refractivity contribution in [3.05, 3.63) is 48.0 Å². The van der Waals surface area contributed by atoms with Gasteiger partial charge >= 0.3 is 0 Å². The Morgan fingerprint density at radius 2 is 1.81 bits per heavy atom. The van der Waals surface area contributed by atoms with E-state index < -0.39 is 9.70 Å². The van der Waals surface area contributed by atoms with E-state index in [1.54, 1.807) is 23.1 Å². The Morgan fingerprint density at radius 3 is 2.42 bits per heavy atom. The number of amides is 2. The number of fused-ring (bicyclic) bond motifs is 1. The number of carbonyl (C=O) groups is 2. The molecule has 0 unspecified atom stereocenters. The summed E-state index contributed by atoms with van der Waals surface area (Å²) in [6.45, 7) is 6.95. The Balaban J connectivity index is 1.69. The van der Waals surface area contributed by atoms with Gasteiger partial charge < -0.3 is 19.7 Å². The molecule has 2 aromatic carbocycles. The van der Waals surface area contributed by atoms with E-state index in [0.717, 1.165) is 5.75 Å². The fourth-order valence-electron chi connectivity index (χ4n) is 3.03. The molecule has 9 heteroatoms. The second kappa shape index (κ2) is 9.15. The second-order valence-corrected chi connectivity index (χ2v) is 10.4. The van der Waals surface area contributed by atoms with Crippen LogP contribution in [0.3, 0.4) is 0 Å². The van der Waals surface area contributed by atoms with Crippen LogP contribution in [-0.2, 0) is 15.0 Å². The summed E-state index contributed by atoms with van der Waals surface area (Å²) in [7, 11) is 0. The van der Waals surface area contributed by atoms with Crippen LogP contribution in [0, 0.1) is 0 Å². The Bertz CT molecular complexity index is 966. The summed E-state index contributed by atoms with van der Waals surface area (Å²) in [6.07, 6.45) is 0. The third-order valence-electron chi connectivity index (χ3n) is 4.72. The highest BCUT2D eigenvalue weighted by atomic mass is 35.6. The first kappa shape index (κ1) is 23.5. The fourth-order valence-corrected chi connectivity index (χ4v) is 3.17. The lowest BCUT2D eigenvalue weighted by Gasteiger charge is -2.30. The third-order valence-corrected chi connectivity index (χ3v) is 5.24. The normalized spacial score (nSPS) is 14.0. The molecule has 1 N–H and O–H groups in total. The van der Waals surface area contributed by atoms with Crippen LogP contribution in [-0.4, -0.2) is 35.4 Å². The number of ether oxygens (including phenoxy) is 2. The molecule has 0 bridgehead atoms. The molecule has 1 aliphatic rings. The van der Waals surface area contributed by atoms with E-state index >= 15 is 0 Å². The van der Waals surface area contributed by atoms with Crippen LogP contribution >= 0.6 is 34.8 Å². The number of benzene rings is 2. The lowest BCUT2D eigenvalue weighted by molar-refractivity contribution is -0.121. The van der Waals surface area contributed by atoms with Gasteiger partial charge in [0.2, 0.25) is 0 Å². The molecule has 1 heterocycles. The lowest BCUT2D eigenvalue weighted by Crippen LogP contribution is -2.41. The molecule has 0 atom stereocenters. The van der Waals surface area contributed by atoms with Gasteiger partial charge in [0.1, 0.15) is 18.1 Å². The Kier molecular flexibility index (Phi) is 6.94. The summed E-state index contributed by atoms with van der Waals surface area (Å²) in [4.78, 5) is 25.9. The molecule has 0 radical (unpaired) electrons. The average Bonchev–Trinajstić information content (AvgIpc) is 2.68. The third kappa shape index (κ3) is 5.97. The molecule has 2 aromatic rings. The fraction of sp³-hybridized carbons (Fsp3) is 0.364. The van der Waals surface area contributed by atoms with Crippen LogP contribution in [0.25, 0.3) is 0 Å². The molecule has 6 nitrogen and oxygen atoms in total. The minimum absolute atomic E-state index is 0.0611. The maximum atomic E-state index is 12.4. The molecular formula is C22H23Cl3N2O4. The van der Waals surface area contributed by atoms with E-state index in [1.165, 1.54) is 5.56 Å². The summed E-state index contributed by atoms with van der Waals surface area (Å²) < 4.78 is 9.20. The molecule has 1 aliphatic heterocycles. The zero-order chi connectivity index (χ0) is 22.8. The Hall–Kier alpha value is -2.15. The van der Waals surface area contributed by atoms with Crippen LogP contribution in [0.1, 0.15) is 26.3 Å². The number of anilines is 2. The SMILES string of the molecule is CC(C)(C)c1ccc(OCCN2C(=O)COc3ccc(NC(=O)C(Cl)(Cl)Cl)cc32)cc1. The highest BCUT2D eigenvalue weighted by molar-refractivity contribution is 6.76. The monoisotopic (exact) mass is 484 g/mol. The maximum absolute atomic E-state index is 12.4. The van der Waals surface area contributed by atoms with E-state index in [-0.39, 0.29) is 24.5 Å². The topological polar surface area (TPSA) is 67.9 Å². The highest BCUT2D eigenvalue weighted by Crippen LogP contribution is 2.35. The van der Waals surface area contributed by atoms with Crippen molar-refractivity contribution in [1.82, 2.24) is 0 Å². The second-order valence-electron chi connectivity index (χ2n) is 8.09. The van der Waals surface area contributed by atoms with Gasteiger partial charge in [0.15, 0.2) is 6.61 Å². The van der Waals surface area contributed by atoms with Crippen molar-refractivity contribution in [3.8, 4) is 11.5 Å². The van der Waals surface area contributed by atoms with Gasteiger partial charge in [0.05, 0.1) is 12.2 Å². The predicted molar refractivity (Wildman–Crippen MR) is 124 cm³/mol. The number of hydrogen-bond acceptors (Lipinski definition) is 4. The minimum atomic E-state index is -2.10. The first-order valence-corrected chi connectivity index (χ1v) is 10.8. The molecule has 166 valence electrons. The van der Waals surface area contributed by atoms with E-state index in [0.29, 0.717) is 23.7 Å². The molecule has 2 amide bonds. The molecule has 0 fully saturated rings. The number of carbonyl (C=O) groups excluding carboxylic acids is 2. The van der Waals surface area contributed by atoms with Crippen molar-refractivity contribution in [2.75, 3.05) is 30.0 Å². The first-order chi connectivity index (χ1) is 14.4. The standard InChI is InChI=1S/C22H23Cl3N2O4/c1-21(2,3)14-4-7-16(8-5-14)30-11-10-27-17-12-15(26-20(29)22(23,24)25)6-9-18(17)31-13-19(27)28/h4-9,12H,10-11,13H2,1-3H3,(H,26,29). The molecule has 31 heavy (non-hydrogen) atoms. The van der Waals surface area contributed by atoms with Gasteiger partial charge in [-0.3, -0.25) is 9.59 Å². The number of rotatable bonds is 5. The zero-order valence-corrected chi connectivity index (χ0v) is 19.6. The molecule has 0 aromatic heterocycles. The van der Waals surface area contributed by atoms with E-state index in [9.17, 15) is 9.59 Å². The molecule has 0 aliphatic carbocycles. The van der Waals surface area contributed by atoms with Gasteiger partial charge in [0, 0.05) is 5.69 Å². The van der Waals surface area contributed by atoms with Crippen molar-refractivity contribution >= 4 is 58.0 Å². The number of nitrogens with zero attached hydrogens (tertiary/aromatic N) is 1. The maximum Gasteiger partial charge on any atom is 0.276 e. The summed E-state index contributed by atoms with van der Waals surface area (Å²) in [5, 5.41) is 2.51. The van der Waals surface area contributed by atoms with Gasteiger partial charge in [-0.1, -0.05) is 67.7 Å². The van der Waals surface area contributed by atoms with Crippen molar-refractivity contribution < 1.29 is 19.1 Å². The summed E-state index contributed by atoms with van der Waals surface area (Å²) >= 11 is 16.8. The Morgan fingerprint density at radius 1 is 1.13 bits per heavy atom. The Labute approximate surface area is 196 Å². The number of halogens is 3. The van der Waals surface area contributed by atoms with Crippen molar-refractivity contribution in [1.29, 1.82) is 0 Å². The van der Waals surface area contributed by atoms with E-state index in [1.807, 2.05) is 24.3 Å². The molecule has 0 saturated heterocycles. The smallest absolute Gasteiger partial charge is 0.276 e. The highest BCUT2D eigenvalue weighted by Gasteiger charge is 2.31. The first-order valence-electron chi connectivity index (χ1n) is 9.64. The molecular weight excluding hydrogens is 463 g/mol. The van der Waals surface area contributed by atoms with E-state index in [4.69, 9.17) is 44.3 Å². The molecule has 3 rings (SSSR count). The quantitative estimate of drug-likeness (QED) is 0.599. The van der Waals surface area contributed by atoms with Crippen molar-refractivity contribution in [2.24, 2.45) is 0 Å². The van der Waals surface area contributed by atoms with Crippen LogP contribution in [0.5, 0.6) is 11.5 Å². The lowest BCUT2D eigenvalue weighted by atomic mass is 9.87. The summed E-state index contributed by atoms with van der Waals surface area (Å²) in [5.41, 5.74) is 2.15. The molecule has 0 saturated carbocycles. The van der Waals surface area contributed by atoms with Gasteiger partial charge in [-0.2, -0.15) is 0 Å². The van der Waals surface area contributed by atoms with Gasteiger partial charge in [-0.15, -0.1) is 0 Å². The number of nitrogens with one attached hydrogen (secondary N) is 1. The van der Waals surface area contributed by atoms with Crippen LogP contribution in [0.2, 0.25) is 0 Å². The van der Waals surface area contributed by atoms with Crippen LogP contribution in [0.4, 0.5) is 11.4 Å². The predicted octanol–water partition coefficient (Wildman–Crippen LogP) is 5.10. The largest absolute Gasteiger partial charge is 0.492 e. The van der Waals surface area contributed by atoms with Crippen LogP contribution in [0.15, 0.2) is 42.5 Å². The van der Waals surface area contributed by atoms with Crippen LogP contribution < -0.4 is 19.7 Å². The summed E-state index contributed by atoms with van der Waals surface area (Å²) in [5.74, 6) is 0.219. The van der Waals surface area contributed by atoms with Gasteiger partial charge in [-0.25, -0.2) is 0 Å². The van der Waals surface area contributed by atoms with Gasteiger partial charge in [0.25, 0.3) is 15.6 Å². The van der Waals surface area contributed by atoms with Gasteiger partial charge in [-0.05, 0) is 41.3 Å². The zero-order valence-electron chi connectivity index (χ0n) is 17.4.